The van der Waals surface area contributed by atoms with Crippen molar-refractivity contribution in [2.24, 2.45) is 0 Å². The zero-order valence-electron chi connectivity index (χ0n) is 12.4. The molecule has 0 radical (unpaired) electrons. The van der Waals surface area contributed by atoms with Crippen molar-refractivity contribution in [1.82, 2.24) is 14.9 Å². The molecule has 1 amide bonds. The van der Waals surface area contributed by atoms with Gasteiger partial charge in [0.25, 0.3) is 5.91 Å². The van der Waals surface area contributed by atoms with Crippen LogP contribution in [0.25, 0.3) is 0 Å². The fraction of sp³-hybridized carbons (Fsp3) is 0.312. The Morgan fingerprint density at radius 3 is 2.71 bits per heavy atom. The Morgan fingerprint density at radius 2 is 2.05 bits per heavy atom. The number of pyridine rings is 2. The van der Waals surface area contributed by atoms with Gasteiger partial charge in [-0.25, -0.2) is 0 Å². The van der Waals surface area contributed by atoms with E-state index in [2.05, 4.69) is 15.3 Å². The summed E-state index contributed by atoms with van der Waals surface area (Å²) in [5.41, 5.74) is 2.36. The molecule has 5 nitrogen and oxygen atoms in total. The van der Waals surface area contributed by atoms with Crippen molar-refractivity contribution < 1.29 is 4.79 Å². The van der Waals surface area contributed by atoms with Gasteiger partial charge in [-0.2, -0.15) is 0 Å². The van der Waals surface area contributed by atoms with Crippen molar-refractivity contribution in [1.29, 1.82) is 0 Å². The molecule has 0 fully saturated rings. The Hall–Kier alpha value is -2.43. The summed E-state index contributed by atoms with van der Waals surface area (Å²) in [4.78, 5) is 22.4. The van der Waals surface area contributed by atoms with Crippen LogP contribution in [0.2, 0.25) is 0 Å². The Bertz CT molecular complexity index is 582. The van der Waals surface area contributed by atoms with Gasteiger partial charge in [-0.3, -0.25) is 14.8 Å². The zero-order valence-corrected chi connectivity index (χ0v) is 12.4. The normalized spacial score (nSPS) is 10.2. The molecule has 2 rings (SSSR count). The third-order valence-electron chi connectivity index (χ3n) is 3.24. The molecule has 0 aliphatic carbocycles. The van der Waals surface area contributed by atoms with E-state index in [0.717, 1.165) is 11.4 Å². The van der Waals surface area contributed by atoms with Crippen molar-refractivity contribution in [3.8, 4) is 0 Å². The first-order chi connectivity index (χ1) is 10.2. The van der Waals surface area contributed by atoms with Crippen LogP contribution in [0.5, 0.6) is 0 Å². The van der Waals surface area contributed by atoms with Crippen molar-refractivity contribution >= 4 is 11.6 Å². The fourth-order valence-electron chi connectivity index (χ4n) is 2.04. The number of rotatable bonds is 6. The average Bonchev–Trinajstić information content (AvgIpc) is 2.55. The first-order valence-electron chi connectivity index (χ1n) is 7.12. The monoisotopic (exact) mass is 284 g/mol. The van der Waals surface area contributed by atoms with Gasteiger partial charge in [0.2, 0.25) is 0 Å². The highest BCUT2D eigenvalue weighted by molar-refractivity contribution is 5.94. The average molecular weight is 284 g/mol. The maximum atomic E-state index is 12.3. The highest BCUT2D eigenvalue weighted by Gasteiger charge is 2.13. The van der Waals surface area contributed by atoms with Gasteiger partial charge < -0.3 is 10.2 Å². The van der Waals surface area contributed by atoms with Gasteiger partial charge in [-0.05, 0) is 32.0 Å². The van der Waals surface area contributed by atoms with E-state index in [0.29, 0.717) is 25.2 Å². The van der Waals surface area contributed by atoms with Gasteiger partial charge in [-0.15, -0.1) is 0 Å². The molecule has 0 aliphatic heterocycles. The molecule has 0 bridgehead atoms. The summed E-state index contributed by atoms with van der Waals surface area (Å²) in [6, 6.07) is 7.61. The largest absolute Gasteiger partial charge is 0.378 e. The molecule has 21 heavy (non-hydrogen) atoms. The van der Waals surface area contributed by atoms with E-state index < -0.39 is 0 Å². The third kappa shape index (κ3) is 4.02. The number of carbonyl (C=O) groups excluding carboxylic acids is 1. The molecular weight excluding hydrogens is 264 g/mol. The van der Waals surface area contributed by atoms with Gasteiger partial charge in [0.05, 0.1) is 23.5 Å². The second kappa shape index (κ2) is 7.38. The molecule has 0 spiro atoms. The first kappa shape index (κ1) is 15.0. The van der Waals surface area contributed by atoms with E-state index in [-0.39, 0.29) is 5.91 Å². The first-order valence-corrected chi connectivity index (χ1v) is 7.12. The molecule has 2 aromatic heterocycles. The minimum Gasteiger partial charge on any atom is -0.378 e. The summed E-state index contributed by atoms with van der Waals surface area (Å²) in [7, 11) is 0. The molecule has 2 aromatic rings. The Morgan fingerprint density at radius 1 is 1.24 bits per heavy atom. The van der Waals surface area contributed by atoms with Gasteiger partial charge in [0.15, 0.2) is 0 Å². The molecule has 0 aromatic carbocycles. The second-order valence-electron chi connectivity index (χ2n) is 4.61. The molecule has 110 valence electrons. The standard InChI is InChI=1S/C16H20N4O/c1-3-20(4-2)16(21)13-9-15(11-17-10-13)19-12-14-7-5-6-8-18-14/h5-11,19H,3-4,12H2,1-2H3. The van der Waals surface area contributed by atoms with Crippen molar-refractivity contribution in [3.63, 3.8) is 0 Å². The number of amides is 1. The lowest BCUT2D eigenvalue weighted by Gasteiger charge is -2.18. The van der Waals surface area contributed by atoms with Crippen LogP contribution in [0, 0.1) is 0 Å². The maximum Gasteiger partial charge on any atom is 0.255 e. The lowest BCUT2D eigenvalue weighted by atomic mass is 10.2. The van der Waals surface area contributed by atoms with Crippen LogP contribution in [-0.2, 0) is 6.54 Å². The lowest BCUT2D eigenvalue weighted by molar-refractivity contribution is 0.0772. The van der Waals surface area contributed by atoms with Gasteiger partial charge >= 0.3 is 0 Å². The van der Waals surface area contributed by atoms with E-state index in [4.69, 9.17) is 0 Å². The van der Waals surface area contributed by atoms with E-state index in [1.54, 1.807) is 23.5 Å². The van der Waals surface area contributed by atoms with Crippen LogP contribution in [-0.4, -0.2) is 33.9 Å². The molecule has 0 unspecified atom stereocenters. The number of nitrogens with zero attached hydrogens (tertiary/aromatic N) is 3. The van der Waals surface area contributed by atoms with Crippen LogP contribution in [0.1, 0.15) is 29.9 Å². The SMILES string of the molecule is CCN(CC)C(=O)c1cncc(NCc2ccccn2)c1. The van der Waals surface area contributed by atoms with Crippen molar-refractivity contribution in [2.75, 3.05) is 18.4 Å². The highest BCUT2D eigenvalue weighted by atomic mass is 16.2. The summed E-state index contributed by atoms with van der Waals surface area (Å²) in [6.07, 6.45) is 5.07. The number of hydrogen-bond acceptors (Lipinski definition) is 4. The number of aromatic nitrogens is 2. The van der Waals surface area contributed by atoms with E-state index in [1.807, 2.05) is 38.1 Å². The molecule has 0 saturated heterocycles. The van der Waals surface area contributed by atoms with Gasteiger partial charge in [0.1, 0.15) is 0 Å². The van der Waals surface area contributed by atoms with Gasteiger partial charge in [0, 0.05) is 31.7 Å². The summed E-state index contributed by atoms with van der Waals surface area (Å²) >= 11 is 0. The smallest absolute Gasteiger partial charge is 0.255 e. The van der Waals surface area contributed by atoms with Crippen molar-refractivity contribution in [2.45, 2.75) is 20.4 Å². The fourth-order valence-corrected chi connectivity index (χ4v) is 2.04. The Kier molecular flexibility index (Phi) is 5.26. The second-order valence-corrected chi connectivity index (χ2v) is 4.61. The molecule has 0 saturated carbocycles. The maximum absolute atomic E-state index is 12.3. The van der Waals surface area contributed by atoms with Crippen LogP contribution in [0.4, 0.5) is 5.69 Å². The highest BCUT2D eigenvalue weighted by Crippen LogP contribution is 2.12. The van der Waals surface area contributed by atoms with Crippen LogP contribution >= 0.6 is 0 Å². The number of nitrogens with one attached hydrogen (secondary N) is 1. The Labute approximate surface area is 125 Å². The van der Waals surface area contributed by atoms with E-state index in [1.165, 1.54) is 0 Å². The van der Waals surface area contributed by atoms with Crippen LogP contribution < -0.4 is 5.32 Å². The molecule has 5 heteroatoms. The third-order valence-corrected chi connectivity index (χ3v) is 3.24. The summed E-state index contributed by atoms with van der Waals surface area (Å²) in [6.45, 7) is 5.93. The minimum absolute atomic E-state index is 0.00832. The molecule has 2 heterocycles. The minimum atomic E-state index is 0.00832. The zero-order chi connectivity index (χ0) is 15.1. The topological polar surface area (TPSA) is 58.1 Å². The van der Waals surface area contributed by atoms with Crippen LogP contribution in [0.3, 0.4) is 0 Å². The molecule has 0 aliphatic rings. The van der Waals surface area contributed by atoms with Gasteiger partial charge in [-0.1, -0.05) is 6.07 Å². The summed E-state index contributed by atoms with van der Waals surface area (Å²) < 4.78 is 0. The van der Waals surface area contributed by atoms with Crippen molar-refractivity contribution in [3.05, 3.63) is 54.1 Å². The number of carbonyl (C=O) groups is 1. The summed E-state index contributed by atoms with van der Waals surface area (Å²) in [5.74, 6) is 0.00832. The predicted molar refractivity (Wildman–Crippen MR) is 83.1 cm³/mol. The molecular formula is C16H20N4O. The molecule has 0 atom stereocenters. The number of hydrogen-bond donors (Lipinski definition) is 1. The van der Waals surface area contributed by atoms with Crippen LogP contribution in [0.15, 0.2) is 42.9 Å². The summed E-state index contributed by atoms with van der Waals surface area (Å²) in [5, 5.41) is 3.24. The lowest BCUT2D eigenvalue weighted by Crippen LogP contribution is -2.30. The predicted octanol–water partition coefficient (Wildman–Crippen LogP) is 2.57. The number of anilines is 1. The quantitative estimate of drug-likeness (QED) is 0.885. The Balaban J connectivity index is 2.05. The van der Waals surface area contributed by atoms with E-state index in [9.17, 15) is 4.79 Å². The molecule has 1 N–H and O–H groups in total. The van der Waals surface area contributed by atoms with E-state index >= 15 is 0 Å².